The van der Waals surface area contributed by atoms with Gasteiger partial charge in [0.25, 0.3) is 0 Å². The first-order valence-corrected chi connectivity index (χ1v) is 14.6. The van der Waals surface area contributed by atoms with E-state index in [0.29, 0.717) is 5.57 Å². The Morgan fingerprint density at radius 1 is 0.500 bits per heavy atom. The van der Waals surface area contributed by atoms with Gasteiger partial charge in [-0.3, -0.25) is 0 Å². The van der Waals surface area contributed by atoms with Crippen molar-refractivity contribution >= 4 is 5.97 Å². The summed E-state index contributed by atoms with van der Waals surface area (Å²) in [7, 11) is 0. The Morgan fingerprint density at radius 3 is 1.16 bits per heavy atom. The summed E-state index contributed by atoms with van der Waals surface area (Å²) in [5.74, 6) is -0.699. The predicted molar refractivity (Wildman–Crippen MR) is 142 cm³/mol. The van der Waals surface area contributed by atoms with Crippen LogP contribution in [-0.2, 0) is 4.79 Å². The summed E-state index contributed by atoms with van der Waals surface area (Å²) in [6, 6.07) is 0. The summed E-state index contributed by atoms with van der Waals surface area (Å²) >= 11 is 0. The molecule has 0 bridgehead atoms. The highest BCUT2D eigenvalue weighted by Crippen LogP contribution is 2.16. The molecule has 0 spiro atoms. The smallest absolute Gasteiger partial charge is 0.331 e. The SMILES string of the molecule is CCCCCCCCCCCCCCC/C=C(/CCCCCCCCCCCC)C(=O)O. The highest BCUT2D eigenvalue weighted by molar-refractivity contribution is 5.86. The summed E-state index contributed by atoms with van der Waals surface area (Å²) in [6.07, 6.45) is 34.4. The topological polar surface area (TPSA) is 37.3 Å². The zero-order valence-corrected chi connectivity index (χ0v) is 22.1. The summed E-state index contributed by atoms with van der Waals surface area (Å²) < 4.78 is 0. The number of hydrogen-bond donors (Lipinski definition) is 1. The molecule has 32 heavy (non-hydrogen) atoms. The molecule has 0 aliphatic rings. The van der Waals surface area contributed by atoms with Crippen LogP contribution in [0.25, 0.3) is 0 Å². The van der Waals surface area contributed by atoms with Gasteiger partial charge in [0.05, 0.1) is 0 Å². The summed E-state index contributed by atoms with van der Waals surface area (Å²) in [6.45, 7) is 4.54. The molecule has 0 rings (SSSR count). The van der Waals surface area contributed by atoms with E-state index < -0.39 is 5.97 Å². The van der Waals surface area contributed by atoms with E-state index in [4.69, 9.17) is 0 Å². The minimum atomic E-state index is -0.699. The van der Waals surface area contributed by atoms with Gasteiger partial charge in [-0.15, -0.1) is 0 Å². The van der Waals surface area contributed by atoms with Gasteiger partial charge in [0, 0.05) is 5.57 Å². The average molecular weight is 451 g/mol. The Kier molecular flexibility index (Phi) is 25.8. The Morgan fingerprint density at radius 2 is 0.812 bits per heavy atom. The number of hydrogen-bond acceptors (Lipinski definition) is 1. The highest BCUT2D eigenvalue weighted by Gasteiger charge is 2.06. The van der Waals surface area contributed by atoms with Gasteiger partial charge in [0.2, 0.25) is 0 Å². The zero-order chi connectivity index (χ0) is 23.5. The second-order valence-corrected chi connectivity index (χ2v) is 10.00. The largest absolute Gasteiger partial charge is 0.478 e. The molecule has 0 radical (unpaired) electrons. The van der Waals surface area contributed by atoms with E-state index in [-0.39, 0.29) is 0 Å². The van der Waals surface area contributed by atoms with E-state index in [1.807, 2.05) is 6.08 Å². The highest BCUT2D eigenvalue weighted by atomic mass is 16.4. The first-order valence-electron chi connectivity index (χ1n) is 14.6. The van der Waals surface area contributed by atoms with Crippen LogP contribution in [0.2, 0.25) is 0 Å². The first-order chi connectivity index (χ1) is 15.7. The molecular formula is C30H58O2. The maximum Gasteiger partial charge on any atom is 0.331 e. The van der Waals surface area contributed by atoms with Gasteiger partial charge < -0.3 is 5.11 Å². The van der Waals surface area contributed by atoms with Crippen molar-refractivity contribution in [2.45, 2.75) is 174 Å². The molecule has 0 aromatic heterocycles. The van der Waals surface area contributed by atoms with Crippen LogP contribution >= 0.6 is 0 Å². The fraction of sp³-hybridized carbons (Fsp3) is 0.900. The monoisotopic (exact) mass is 450 g/mol. The fourth-order valence-electron chi connectivity index (χ4n) is 4.54. The van der Waals surface area contributed by atoms with Crippen molar-refractivity contribution in [2.75, 3.05) is 0 Å². The lowest BCUT2D eigenvalue weighted by Crippen LogP contribution is -2.00. The van der Waals surface area contributed by atoms with Gasteiger partial charge in [-0.2, -0.15) is 0 Å². The molecule has 0 aromatic carbocycles. The van der Waals surface area contributed by atoms with Gasteiger partial charge in [-0.25, -0.2) is 4.79 Å². The maximum absolute atomic E-state index is 11.5. The summed E-state index contributed by atoms with van der Waals surface area (Å²) in [4.78, 5) is 11.5. The van der Waals surface area contributed by atoms with E-state index in [9.17, 15) is 9.90 Å². The Balaban J connectivity index is 3.51. The van der Waals surface area contributed by atoms with Crippen LogP contribution in [0, 0.1) is 0 Å². The maximum atomic E-state index is 11.5. The summed E-state index contributed by atoms with van der Waals surface area (Å²) in [5, 5.41) is 9.45. The van der Waals surface area contributed by atoms with Gasteiger partial charge >= 0.3 is 5.97 Å². The lowest BCUT2D eigenvalue weighted by atomic mass is 10.0. The minimum absolute atomic E-state index is 0.656. The molecule has 2 heteroatoms. The number of aliphatic carboxylic acids is 1. The normalized spacial score (nSPS) is 11.9. The molecule has 0 unspecified atom stereocenters. The Bertz CT molecular complexity index is 413. The van der Waals surface area contributed by atoms with Crippen molar-refractivity contribution in [3.8, 4) is 0 Å². The third-order valence-corrected chi connectivity index (χ3v) is 6.77. The lowest BCUT2D eigenvalue weighted by Gasteiger charge is -2.05. The minimum Gasteiger partial charge on any atom is -0.478 e. The molecule has 0 saturated heterocycles. The van der Waals surface area contributed by atoms with E-state index >= 15 is 0 Å². The Labute approximate surface area is 202 Å². The van der Waals surface area contributed by atoms with Crippen molar-refractivity contribution in [2.24, 2.45) is 0 Å². The van der Waals surface area contributed by atoms with Gasteiger partial charge in [0.1, 0.15) is 0 Å². The molecule has 0 saturated carbocycles. The van der Waals surface area contributed by atoms with Crippen LogP contribution in [0.3, 0.4) is 0 Å². The lowest BCUT2D eigenvalue weighted by molar-refractivity contribution is -0.132. The van der Waals surface area contributed by atoms with Crippen molar-refractivity contribution in [1.82, 2.24) is 0 Å². The molecule has 2 nitrogen and oxygen atoms in total. The van der Waals surface area contributed by atoms with Crippen molar-refractivity contribution < 1.29 is 9.90 Å². The number of allylic oxidation sites excluding steroid dienone is 1. The van der Waals surface area contributed by atoms with Gasteiger partial charge in [-0.1, -0.05) is 155 Å². The van der Waals surface area contributed by atoms with Crippen LogP contribution in [-0.4, -0.2) is 11.1 Å². The van der Waals surface area contributed by atoms with Crippen LogP contribution in [0.4, 0.5) is 0 Å². The second kappa shape index (κ2) is 26.5. The molecule has 0 aromatic rings. The van der Waals surface area contributed by atoms with E-state index in [2.05, 4.69) is 13.8 Å². The third kappa shape index (κ3) is 23.9. The second-order valence-electron chi connectivity index (χ2n) is 10.00. The predicted octanol–water partition coefficient (Wildman–Crippen LogP) is 10.8. The number of rotatable bonds is 26. The molecule has 1 N–H and O–H groups in total. The number of carboxylic acid groups (broad SMARTS) is 1. The number of carbonyl (C=O) groups is 1. The molecule has 190 valence electrons. The molecule has 0 aliphatic heterocycles. The van der Waals surface area contributed by atoms with Crippen molar-refractivity contribution in [3.63, 3.8) is 0 Å². The quantitative estimate of drug-likeness (QED) is 0.105. The van der Waals surface area contributed by atoms with E-state index in [1.54, 1.807) is 0 Å². The van der Waals surface area contributed by atoms with Crippen LogP contribution in [0.15, 0.2) is 11.6 Å². The van der Waals surface area contributed by atoms with Crippen molar-refractivity contribution in [3.05, 3.63) is 11.6 Å². The standard InChI is InChI=1S/C30H58O2/c1-3-5-7-9-11-13-15-16-17-18-20-22-24-26-28-29(30(31)32)27-25-23-21-19-14-12-10-8-6-4-2/h28H,3-27H2,1-2H3,(H,31,32)/b29-28-. The molecule has 0 heterocycles. The molecular weight excluding hydrogens is 392 g/mol. The third-order valence-electron chi connectivity index (χ3n) is 6.77. The molecule has 0 atom stereocenters. The molecule has 0 aliphatic carbocycles. The molecule has 0 amide bonds. The van der Waals surface area contributed by atoms with Gasteiger partial charge in [-0.05, 0) is 25.7 Å². The van der Waals surface area contributed by atoms with Crippen LogP contribution in [0.5, 0.6) is 0 Å². The zero-order valence-electron chi connectivity index (χ0n) is 22.1. The summed E-state index contributed by atoms with van der Waals surface area (Å²) in [5.41, 5.74) is 0.656. The van der Waals surface area contributed by atoms with E-state index in [0.717, 1.165) is 25.7 Å². The number of carboxylic acids is 1. The van der Waals surface area contributed by atoms with E-state index in [1.165, 1.54) is 135 Å². The average Bonchev–Trinajstić information content (AvgIpc) is 2.78. The molecule has 0 fully saturated rings. The van der Waals surface area contributed by atoms with Crippen molar-refractivity contribution in [1.29, 1.82) is 0 Å². The van der Waals surface area contributed by atoms with Gasteiger partial charge in [0.15, 0.2) is 0 Å². The fourth-order valence-corrected chi connectivity index (χ4v) is 4.54. The van der Waals surface area contributed by atoms with Crippen LogP contribution < -0.4 is 0 Å². The van der Waals surface area contributed by atoms with Crippen LogP contribution in [0.1, 0.15) is 174 Å². The number of unbranched alkanes of at least 4 members (excludes halogenated alkanes) is 22. The Hall–Kier alpha value is -0.790. The first kappa shape index (κ1) is 31.2.